The Hall–Kier alpha value is -3.33. The second-order valence-corrected chi connectivity index (χ2v) is 7.88. The Balaban J connectivity index is 1.46. The quantitative estimate of drug-likeness (QED) is 0.454. The summed E-state index contributed by atoms with van der Waals surface area (Å²) in [7, 11) is 0. The maximum absolute atomic E-state index is 12.5. The SMILES string of the molecule is Cc1cccc(-c2n[nH]c(=S)n2CCC(=O)Nc2cnc3c(cnn3C(C)C)c2)c1. The highest BCUT2D eigenvalue weighted by Gasteiger charge is 2.12. The van der Waals surface area contributed by atoms with Crippen LogP contribution in [0.15, 0.2) is 42.7 Å². The molecule has 0 fully saturated rings. The third kappa shape index (κ3) is 4.02. The lowest BCUT2D eigenvalue weighted by atomic mass is 10.1. The summed E-state index contributed by atoms with van der Waals surface area (Å²) < 4.78 is 4.19. The highest BCUT2D eigenvalue weighted by Crippen LogP contribution is 2.20. The minimum absolute atomic E-state index is 0.120. The summed E-state index contributed by atoms with van der Waals surface area (Å²) in [5.74, 6) is 0.603. The number of rotatable bonds is 6. The van der Waals surface area contributed by atoms with Gasteiger partial charge in [-0.15, -0.1) is 0 Å². The van der Waals surface area contributed by atoms with Crippen LogP contribution in [0.5, 0.6) is 0 Å². The Morgan fingerprint density at radius 2 is 2.10 bits per heavy atom. The van der Waals surface area contributed by atoms with Crippen LogP contribution in [0, 0.1) is 11.7 Å². The molecule has 4 rings (SSSR count). The standard InChI is InChI=1S/C21H23N7OS/c1-13(2)28-19-16(11-23-28)10-17(12-22-19)24-18(29)7-8-27-20(25-26-21(27)30)15-6-4-5-14(3)9-15/h4-6,9-13H,7-8H2,1-3H3,(H,24,29)(H,26,30). The molecule has 0 aliphatic rings. The van der Waals surface area contributed by atoms with Crippen molar-refractivity contribution in [2.24, 2.45) is 0 Å². The van der Waals surface area contributed by atoms with Crippen molar-refractivity contribution >= 4 is 34.8 Å². The Labute approximate surface area is 179 Å². The van der Waals surface area contributed by atoms with Crippen molar-refractivity contribution in [1.82, 2.24) is 29.5 Å². The molecule has 4 aromatic rings. The molecule has 154 valence electrons. The van der Waals surface area contributed by atoms with Crippen LogP contribution in [0.3, 0.4) is 0 Å². The first kappa shape index (κ1) is 20.0. The van der Waals surface area contributed by atoms with Gasteiger partial charge in [0.05, 0.1) is 18.1 Å². The zero-order chi connectivity index (χ0) is 21.3. The van der Waals surface area contributed by atoms with E-state index < -0.39 is 0 Å². The summed E-state index contributed by atoms with van der Waals surface area (Å²) >= 11 is 5.36. The normalized spacial score (nSPS) is 11.3. The first-order valence-corrected chi connectivity index (χ1v) is 10.2. The van der Waals surface area contributed by atoms with Crippen molar-refractivity contribution in [3.63, 3.8) is 0 Å². The average molecular weight is 422 g/mol. The first-order chi connectivity index (χ1) is 14.4. The second kappa shape index (κ2) is 8.19. The molecule has 0 bridgehead atoms. The van der Waals surface area contributed by atoms with Gasteiger partial charge in [0.15, 0.2) is 16.2 Å². The number of benzene rings is 1. The molecule has 0 aliphatic carbocycles. The molecule has 3 aromatic heterocycles. The molecule has 3 heterocycles. The van der Waals surface area contributed by atoms with Crippen molar-refractivity contribution in [2.45, 2.75) is 39.8 Å². The summed E-state index contributed by atoms with van der Waals surface area (Å²) in [6.45, 7) is 6.55. The molecule has 0 radical (unpaired) electrons. The molecule has 1 aromatic carbocycles. The number of carbonyl (C=O) groups is 1. The monoisotopic (exact) mass is 421 g/mol. The Bertz CT molecular complexity index is 1270. The van der Waals surface area contributed by atoms with Gasteiger partial charge < -0.3 is 5.32 Å². The molecular weight excluding hydrogens is 398 g/mol. The maximum atomic E-state index is 12.5. The van der Waals surface area contributed by atoms with E-state index in [4.69, 9.17) is 12.2 Å². The summed E-state index contributed by atoms with van der Waals surface area (Å²) in [4.78, 5) is 17.0. The van der Waals surface area contributed by atoms with E-state index >= 15 is 0 Å². The minimum atomic E-state index is -0.120. The number of nitrogens with zero attached hydrogens (tertiary/aromatic N) is 5. The van der Waals surface area contributed by atoms with Gasteiger partial charge in [-0.1, -0.05) is 23.8 Å². The van der Waals surface area contributed by atoms with E-state index in [0.717, 1.165) is 28.0 Å². The number of aromatic amines is 1. The van der Waals surface area contributed by atoms with Crippen molar-refractivity contribution in [3.05, 3.63) is 53.1 Å². The number of anilines is 1. The molecule has 2 N–H and O–H groups in total. The number of aromatic nitrogens is 6. The number of fused-ring (bicyclic) bond motifs is 1. The number of H-pyrrole nitrogens is 1. The number of nitrogens with one attached hydrogen (secondary N) is 2. The molecule has 30 heavy (non-hydrogen) atoms. The van der Waals surface area contributed by atoms with Gasteiger partial charge in [0, 0.05) is 30.0 Å². The van der Waals surface area contributed by atoms with Gasteiger partial charge in [-0.05, 0) is 45.1 Å². The number of hydrogen-bond acceptors (Lipinski definition) is 5. The third-order valence-electron chi connectivity index (χ3n) is 4.80. The van der Waals surface area contributed by atoms with Crippen molar-refractivity contribution < 1.29 is 4.79 Å². The van der Waals surface area contributed by atoms with Crippen LogP contribution in [0.1, 0.15) is 31.9 Å². The molecule has 0 saturated heterocycles. The van der Waals surface area contributed by atoms with Crippen LogP contribution in [0.2, 0.25) is 0 Å². The number of aryl methyl sites for hydroxylation is 1. The van der Waals surface area contributed by atoms with Gasteiger partial charge in [-0.25, -0.2) is 9.67 Å². The van der Waals surface area contributed by atoms with E-state index in [2.05, 4.69) is 39.4 Å². The van der Waals surface area contributed by atoms with E-state index in [1.165, 1.54) is 0 Å². The Morgan fingerprint density at radius 3 is 2.87 bits per heavy atom. The van der Waals surface area contributed by atoms with Crippen LogP contribution < -0.4 is 5.32 Å². The van der Waals surface area contributed by atoms with Crippen molar-refractivity contribution in [3.8, 4) is 11.4 Å². The van der Waals surface area contributed by atoms with Crippen LogP contribution >= 0.6 is 12.2 Å². The first-order valence-electron chi connectivity index (χ1n) is 9.78. The van der Waals surface area contributed by atoms with E-state index in [0.29, 0.717) is 17.0 Å². The molecule has 8 nitrogen and oxygen atoms in total. The third-order valence-corrected chi connectivity index (χ3v) is 5.11. The fourth-order valence-electron chi connectivity index (χ4n) is 3.35. The van der Waals surface area contributed by atoms with E-state index in [1.54, 1.807) is 12.4 Å². The van der Waals surface area contributed by atoms with Gasteiger partial charge in [-0.3, -0.25) is 14.5 Å². The van der Waals surface area contributed by atoms with Crippen LogP contribution in [0.25, 0.3) is 22.4 Å². The second-order valence-electron chi connectivity index (χ2n) is 7.49. The molecule has 0 atom stereocenters. The number of amides is 1. The number of pyridine rings is 1. The van der Waals surface area contributed by atoms with Crippen LogP contribution in [-0.2, 0) is 11.3 Å². The molecule has 0 saturated carbocycles. The Morgan fingerprint density at radius 1 is 1.27 bits per heavy atom. The van der Waals surface area contributed by atoms with E-state index in [-0.39, 0.29) is 18.4 Å². The maximum Gasteiger partial charge on any atom is 0.226 e. The molecular formula is C21H23N7OS. The van der Waals surface area contributed by atoms with Gasteiger partial charge in [0.25, 0.3) is 0 Å². The Kier molecular flexibility index (Phi) is 5.45. The molecule has 0 aliphatic heterocycles. The fourth-order valence-corrected chi connectivity index (χ4v) is 3.58. The zero-order valence-electron chi connectivity index (χ0n) is 17.1. The van der Waals surface area contributed by atoms with Gasteiger partial charge in [0.1, 0.15) is 0 Å². The summed E-state index contributed by atoms with van der Waals surface area (Å²) in [5, 5.41) is 15.3. The smallest absolute Gasteiger partial charge is 0.226 e. The minimum Gasteiger partial charge on any atom is -0.325 e. The highest BCUT2D eigenvalue weighted by molar-refractivity contribution is 7.71. The lowest BCUT2D eigenvalue weighted by Gasteiger charge is -2.09. The molecule has 9 heteroatoms. The van der Waals surface area contributed by atoms with E-state index in [9.17, 15) is 4.79 Å². The van der Waals surface area contributed by atoms with Crippen LogP contribution in [0.4, 0.5) is 5.69 Å². The predicted molar refractivity (Wildman–Crippen MR) is 119 cm³/mol. The number of carbonyl (C=O) groups excluding carboxylic acids is 1. The van der Waals surface area contributed by atoms with Gasteiger partial charge >= 0.3 is 0 Å². The predicted octanol–water partition coefficient (Wildman–Crippen LogP) is 4.27. The molecule has 0 spiro atoms. The zero-order valence-corrected chi connectivity index (χ0v) is 17.9. The lowest BCUT2D eigenvalue weighted by Crippen LogP contribution is -2.15. The van der Waals surface area contributed by atoms with Crippen LogP contribution in [-0.4, -0.2) is 35.4 Å². The largest absolute Gasteiger partial charge is 0.325 e. The topological polar surface area (TPSA) is 93.4 Å². The number of hydrogen-bond donors (Lipinski definition) is 2. The fraction of sp³-hybridized carbons (Fsp3) is 0.286. The summed E-state index contributed by atoms with van der Waals surface area (Å²) in [6, 6.07) is 10.1. The van der Waals surface area contributed by atoms with Gasteiger partial charge in [0.2, 0.25) is 5.91 Å². The summed E-state index contributed by atoms with van der Waals surface area (Å²) in [5.41, 5.74) is 3.54. The van der Waals surface area contributed by atoms with E-state index in [1.807, 2.05) is 46.5 Å². The summed E-state index contributed by atoms with van der Waals surface area (Å²) in [6.07, 6.45) is 3.68. The molecule has 1 amide bonds. The van der Waals surface area contributed by atoms with Gasteiger partial charge in [-0.2, -0.15) is 10.2 Å². The van der Waals surface area contributed by atoms with Crippen molar-refractivity contribution in [2.75, 3.05) is 5.32 Å². The highest BCUT2D eigenvalue weighted by atomic mass is 32.1. The molecule has 0 unspecified atom stereocenters. The van der Waals surface area contributed by atoms with Crippen molar-refractivity contribution in [1.29, 1.82) is 0 Å². The lowest BCUT2D eigenvalue weighted by molar-refractivity contribution is -0.116. The average Bonchev–Trinajstić information content (AvgIpc) is 3.29.